The Labute approximate surface area is 167 Å². The van der Waals surface area contributed by atoms with Crippen molar-refractivity contribution in [2.45, 2.75) is 24.3 Å². The SMILES string of the molecule is CSc1cccc(NC(=O)[C@H]2CC(=O)Nc3c(C)c(-c4ccccc4)nn32)c1. The zero-order valence-electron chi connectivity index (χ0n) is 15.6. The third-order valence-electron chi connectivity index (χ3n) is 4.77. The molecule has 0 radical (unpaired) electrons. The first-order valence-corrected chi connectivity index (χ1v) is 10.2. The van der Waals surface area contributed by atoms with Crippen LogP contribution in [0.2, 0.25) is 0 Å². The number of aromatic nitrogens is 2. The molecule has 2 amide bonds. The number of amides is 2. The summed E-state index contributed by atoms with van der Waals surface area (Å²) < 4.78 is 1.63. The van der Waals surface area contributed by atoms with Crippen LogP contribution in [0.5, 0.6) is 0 Å². The summed E-state index contributed by atoms with van der Waals surface area (Å²) in [5.74, 6) is 0.137. The van der Waals surface area contributed by atoms with Gasteiger partial charge in [-0.2, -0.15) is 5.10 Å². The van der Waals surface area contributed by atoms with Gasteiger partial charge in [0.05, 0.1) is 12.1 Å². The predicted octanol–water partition coefficient (Wildman–Crippen LogP) is 4.10. The lowest BCUT2D eigenvalue weighted by Crippen LogP contribution is -2.35. The summed E-state index contributed by atoms with van der Waals surface area (Å²) in [6.07, 6.45) is 2.03. The Kier molecular flexibility index (Phi) is 4.92. The molecule has 2 N–H and O–H groups in total. The minimum absolute atomic E-state index is 0.0520. The van der Waals surface area contributed by atoms with E-state index < -0.39 is 6.04 Å². The van der Waals surface area contributed by atoms with Crippen LogP contribution in [0.15, 0.2) is 59.5 Å². The summed E-state index contributed by atoms with van der Waals surface area (Å²) in [5.41, 5.74) is 3.26. The number of thioether (sulfide) groups is 1. The molecular formula is C21H20N4O2S. The van der Waals surface area contributed by atoms with Gasteiger partial charge in [-0.25, -0.2) is 4.68 Å². The van der Waals surface area contributed by atoms with Crippen LogP contribution in [0.1, 0.15) is 18.0 Å². The fourth-order valence-electron chi connectivity index (χ4n) is 3.34. The summed E-state index contributed by atoms with van der Waals surface area (Å²) >= 11 is 1.60. The molecule has 0 saturated heterocycles. The van der Waals surface area contributed by atoms with E-state index in [0.29, 0.717) is 11.5 Å². The maximum absolute atomic E-state index is 13.0. The average Bonchev–Trinajstić information content (AvgIpc) is 3.04. The van der Waals surface area contributed by atoms with E-state index in [1.54, 1.807) is 16.4 Å². The summed E-state index contributed by atoms with van der Waals surface area (Å²) in [7, 11) is 0. The summed E-state index contributed by atoms with van der Waals surface area (Å²) in [5, 5.41) is 10.5. The van der Waals surface area contributed by atoms with Crippen molar-refractivity contribution in [2.75, 3.05) is 16.9 Å². The van der Waals surface area contributed by atoms with Crippen molar-refractivity contribution < 1.29 is 9.59 Å². The molecule has 1 aromatic heterocycles. The summed E-state index contributed by atoms with van der Waals surface area (Å²) in [6, 6.07) is 16.7. The highest BCUT2D eigenvalue weighted by Gasteiger charge is 2.34. The predicted molar refractivity (Wildman–Crippen MR) is 112 cm³/mol. The molecule has 7 heteroatoms. The fourth-order valence-corrected chi connectivity index (χ4v) is 3.80. The molecule has 0 aliphatic carbocycles. The molecular weight excluding hydrogens is 372 g/mol. The standard InChI is InChI=1S/C21H20N4O2S/c1-13-19(14-7-4-3-5-8-14)24-25-17(12-18(26)23-20(13)25)21(27)22-15-9-6-10-16(11-15)28-2/h3-11,17H,12H2,1-2H3,(H,22,27)(H,23,26)/t17-/m1/s1. The number of benzene rings is 2. The second-order valence-electron chi connectivity index (χ2n) is 6.62. The van der Waals surface area contributed by atoms with E-state index >= 15 is 0 Å². The highest BCUT2D eigenvalue weighted by atomic mass is 32.2. The molecule has 0 unspecified atom stereocenters. The van der Waals surface area contributed by atoms with Gasteiger partial charge < -0.3 is 10.6 Å². The van der Waals surface area contributed by atoms with Gasteiger partial charge in [0, 0.05) is 21.7 Å². The van der Waals surface area contributed by atoms with E-state index in [-0.39, 0.29) is 18.2 Å². The Balaban J connectivity index is 1.68. The first-order valence-electron chi connectivity index (χ1n) is 8.96. The smallest absolute Gasteiger partial charge is 0.249 e. The van der Waals surface area contributed by atoms with Crippen LogP contribution >= 0.6 is 11.8 Å². The second kappa shape index (κ2) is 7.52. The van der Waals surface area contributed by atoms with E-state index in [9.17, 15) is 9.59 Å². The van der Waals surface area contributed by atoms with Gasteiger partial charge in [0.15, 0.2) is 0 Å². The topological polar surface area (TPSA) is 76.0 Å². The lowest BCUT2D eigenvalue weighted by molar-refractivity contribution is -0.125. The lowest BCUT2D eigenvalue weighted by atomic mass is 10.1. The molecule has 2 heterocycles. The fraction of sp³-hybridized carbons (Fsp3) is 0.190. The normalized spacial score (nSPS) is 15.6. The Morgan fingerprint density at radius 3 is 2.75 bits per heavy atom. The third-order valence-corrected chi connectivity index (χ3v) is 5.49. The van der Waals surface area contributed by atoms with Crippen LogP contribution in [0, 0.1) is 6.92 Å². The Morgan fingerprint density at radius 2 is 2.00 bits per heavy atom. The van der Waals surface area contributed by atoms with E-state index in [4.69, 9.17) is 0 Å². The number of fused-ring (bicyclic) bond motifs is 1. The van der Waals surface area contributed by atoms with Crippen molar-refractivity contribution in [1.82, 2.24) is 9.78 Å². The van der Waals surface area contributed by atoms with Crippen LogP contribution in [0.3, 0.4) is 0 Å². The third kappa shape index (κ3) is 3.41. The molecule has 0 spiro atoms. The Hall–Kier alpha value is -3.06. The van der Waals surface area contributed by atoms with E-state index in [1.807, 2.05) is 67.8 Å². The molecule has 2 aromatic carbocycles. The molecule has 0 saturated carbocycles. The van der Waals surface area contributed by atoms with Gasteiger partial charge in [-0.3, -0.25) is 9.59 Å². The van der Waals surface area contributed by atoms with E-state index in [0.717, 1.165) is 21.7 Å². The van der Waals surface area contributed by atoms with Crippen molar-refractivity contribution >= 4 is 35.1 Å². The molecule has 3 aromatic rings. The van der Waals surface area contributed by atoms with Gasteiger partial charge in [-0.15, -0.1) is 11.8 Å². The quantitative estimate of drug-likeness (QED) is 0.656. The number of anilines is 2. The maximum Gasteiger partial charge on any atom is 0.249 e. The van der Waals surface area contributed by atoms with Crippen molar-refractivity contribution in [1.29, 1.82) is 0 Å². The number of carbonyl (C=O) groups excluding carboxylic acids is 2. The number of nitrogens with zero attached hydrogens (tertiary/aromatic N) is 2. The first kappa shape index (κ1) is 18.3. The summed E-state index contributed by atoms with van der Waals surface area (Å²) in [4.78, 5) is 26.3. The van der Waals surface area contributed by atoms with Crippen molar-refractivity contribution in [3.05, 3.63) is 60.2 Å². The average molecular weight is 392 g/mol. The summed E-state index contributed by atoms with van der Waals surface area (Å²) in [6.45, 7) is 1.91. The Morgan fingerprint density at radius 1 is 1.21 bits per heavy atom. The van der Waals surface area contributed by atoms with E-state index in [1.165, 1.54) is 0 Å². The molecule has 6 nitrogen and oxygen atoms in total. The number of hydrogen-bond donors (Lipinski definition) is 2. The van der Waals surface area contributed by atoms with Crippen LogP contribution in [0.4, 0.5) is 11.5 Å². The lowest BCUT2D eigenvalue weighted by Gasteiger charge is -2.24. The second-order valence-corrected chi connectivity index (χ2v) is 7.50. The van der Waals surface area contributed by atoms with Gasteiger partial charge >= 0.3 is 0 Å². The number of rotatable bonds is 4. The molecule has 28 heavy (non-hydrogen) atoms. The highest BCUT2D eigenvalue weighted by molar-refractivity contribution is 7.98. The van der Waals surface area contributed by atoms with E-state index in [2.05, 4.69) is 15.7 Å². The monoisotopic (exact) mass is 392 g/mol. The van der Waals surface area contributed by atoms with Gasteiger partial charge in [-0.1, -0.05) is 36.4 Å². The molecule has 142 valence electrons. The van der Waals surface area contributed by atoms with Crippen LogP contribution < -0.4 is 10.6 Å². The molecule has 1 atom stereocenters. The van der Waals surface area contributed by atoms with Crippen LogP contribution in [-0.4, -0.2) is 27.9 Å². The van der Waals surface area contributed by atoms with Gasteiger partial charge in [0.1, 0.15) is 11.9 Å². The zero-order valence-corrected chi connectivity index (χ0v) is 16.4. The minimum Gasteiger partial charge on any atom is -0.324 e. The molecule has 1 aliphatic heterocycles. The van der Waals surface area contributed by atoms with Gasteiger partial charge in [-0.05, 0) is 31.4 Å². The highest BCUT2D eigenvalue weighted by Crippen LogP contribution is 2.34. The molecule has 1 aliphatic rings. The van der Waals surface area contributed by atoms with Gasteiger partial charge in [0.25, 0.3) is 0 Å². The first-order chi connectivity index (χ1) is 13.6. The Bertz CT molecular complexity index is 1050. The molecule has 4 rings (SSSR count). The largest absolute Gasteiger partial charge is 0.324 e. The number of hydrogen-bond acceptors (Lipinski definition) is 4. The van der Waals surface area contributed by atoms with Crippen LogP contribution in [0.25, 0.3) is 11.3 Å². The van der Waals surface area contributed by atoms with Gasteiger partial charge in [0.2, 0.25) is 11.8 Å². The van der Waals surface area contributed by atoms with Crippen molar-refractivity contribution in [2.24, 2.45) is 0 Å². The molecule has 0 bridgehead atoms. The number of nitrogens with one attached hydrogen (secondary N) is 2. The van der Waals surface area contributed by atoms with Crippen molar-refractivity contribution in [3.8, 4) is 11.3 Å². The zero-order chi connectivity index (χ0) is 19.7. The minimum atomic E-state index is -0.696. The van der Waals surface area contributed by atoms with Crippen LogP contribution in [-0.2, 0) is 9.59 Å². The number of carbonyl (C=O) groups is 2. The molecule has 0 fully saturated rings. The maximum atomic E-state index is 13.0. The van der Waals surface area contributed by atoms with Crippen molar-refractivity contribution in [3.63, 3.8) is 0 Å².